The standard InChI is InChI=1S/C15H15BrClN3O5S/c16-9-3-1-2-4-11(9)19-15(23)20-12-6-5-10(17)14(13(12)22)26(24,25)18-7-8-21/h1-6,18,21-22H,7-8H2,(H2,19,20,23). The molecule has 2 amide bonds. The van der Waals surface area contributed by atoms with Gasteiger partial charge in [0.1, 0.15) is 4.90 Å². The maximum absolute atomic E-state index is 12.2. The van der Waals surface area contributed by atoms with E-state index in [1.54, 1.807) is 24.3 Å². The second-order valence-electron chi connectivity index (χ2n) is 4.95. The van der Waals surface area contributed by atoms with E-state index in [9.17, 15) is 18.3 Å². The SMILES string of the molecule is O=C(Nc1ccccc1Br)Nc1ccc(Cl)c(S(=O)(=O)NCCO)c1O. The fraction of sp³-hybridized carbons (Fsp3) is 0.133. The van der Waals surface area contributed by atoms with Crippen molar-refractivity contribution in [3.05, 3.63) is 45.9 Å². The van der Waals surface area contributed by atoms with Crippen LogP contribution in [0.4, 0.5) is 16.2 Å². The smallest absolute Gasteiger partial charge is 0.323 e. The molecule has 0 heterocycles. The zero-order valence-electron chi connectivity index (χ0n) is 13.2. The Bertz CT molecular complexity index is 923. The van der Waals surface area contributed by atoms with Gasteiger partial charge in [-0.25, -0.2) is 17.9 Å². The van der Waals surface area contributed by atoms with Crippen molar-refractivity contribution in [1.29, 1.82) is 0 Å². The van der Waals surface area contributed by atoms with Crippen LogP contribution in [0.3, 0.4) is 0 Å². The Balaban J connectivity index is 2.27. The lowest BCUT2D eigenvalue weighted by Gasteiger charge is -2.14. The summed E-state index contributed by atoms with van der Waals surface area (Å²) in [5.41, 5.74) is 0.333. The lowest BCUT2D eigenvalue weighted by Crippen LogP contribution is -2.27. The van der Waals surface area contributed by atoms with Gasteiger partial charge < -0.3 is 20.8 Å². The van der Waals surface area contributed by atoms with Crippen molar-refractivity contribution < 1.29 is 23.4 Å². The van der Waals surface area contributed by atoms with Crippen LogP contribution < -0.4 is 15.4 Å². The van der Waals surface area contributed by atoms with Crippen molar-refractivity contribution in [3.8, 4) is 5.75 Å². The summed E-state index contributed by atoms with van der Waals surface area (Å²) < 4.78 is 27.1. The average molecular weight is 465 g/mol. The van der Waals surface area contributed by atoms with E-state index in [2.05, 4.69) is 31.3 Å². The molecule has 11 heteroatoms. The molecule has 0 spiro atoms. The average Bonchev–Trinajstić information content (AvgIpc) is 2.57. The number of halogens is 2. The third-order valence-corrected chi connectivity index (χ3v) is 5.78. The second kappa shape index (κ2) is 8.69. The van der Waals surface area contributed by atoms with Crippen molar-refractivity contribution in [2.75, 3.05) is 23.8 Å². The highest BCUT2D eigenvalue weighted by Gasteiger charge is 2.25. The molecule has 0 aliphatic rings. The summed E-state index contributed by atoms with van der Waals surface area (Å²) in [5, 5.41) is 23.7. The molecule has 0 bridgehead atoms. The van der Waals surface area contributed by atoms with Crippen molar-refractivity contribution in [2.45, 2.75) is 4.90 Å². The summed E-state index contributed by atoms with van der Waals surface area (Å²) in [6.45, 7) is -0.678. The molecule has 0 saturated carbocycles. The van der Waals surface area contributed by atoms with Gasteiger partial charge in [-0.05, 0) is 40.2 Å². The number of benzene rings is 2. The van der Waals surface area contributed by atoms with Crippen LogP contribution in [0.1, 0.15) is 0 Å². The number of phenols is 1. The lowest BCUT2D eigenvalue weighted by molar-refractivity contribution is 0.262. The van der Waals surface area contributed by atoms with Crippen LogP contribution in [0.2, 0.25) is 5.02 Å². The number of aliphatic hydroxyl groups is 1. The van der Waals surface area contributed by atoms with Gasteiger partial charge in [0.15, 0.2) is 5.75 Å². The molecule has 0 aromatic heterocycles. The molecule has 2 rings (SSSR count). The summed E-state index contributed by atoms with van der Waals surface area (Å²) in [5.74, 6) is -0.717. The van der Waals surface area contributed by atoms with E-state index in [4.69, 9.17) is 16.7 Å². The highest BCUT2D eigenvalue weighted by Crippen LogP contribution is 2.36. The summed E-state index contributed by atoms with van der Waals surface area (Å²) in [4.78, 5) is 11.5. The number of nitrogens with one attached hydrogen (secondary N) is 3. The Morgan fingerprint density at radius 2 is 1.77 bits per heavy atom. The molecule has 0 radical (unpaired) electrons. The van der Waals surface area contributed by atoms with Crippen LogP contribution in [0.15, 0.2) is 45.8 Å². The van der Waals surface area contributed by atoms with E-state index >= 15 is 0 Å². The van der Waals surface area contributed by atoms with Gasteiger partial charge in [-0.15, -0.1) is 0 Å². The normalized spacial score (nSPS) is 11.2. The molecule has 0 fully saturated rings. The number of amides is 2. The van der Waals surface area contributed by atoms with Gasteiger partial charge >= 0.3 is 6.03 Å². The second-order valence-corrected chi connectivity index (χ2v) is 7.92. The first-order valence-corrected chi connectivity index (χ1v) is 9.86. The molecule has 0 unspecified atom stereocenters. The van der Waals surface area contributed by atoms with Gasteiger partial charge in [0.25, 0.3) is 0 Å². The first-order valence-electron chi connectivity index (χ1n) is 7.21. The fourth-order valence-corrected chi connectivity index (χ4v) is 4.03. The lowest BCUT2D eigenvalue weighted by atomic mass is 10.3. The minimum atomic E-state index is -4.18. The van der Waals surface area contributed by atoms with Crippen molar-refractivity contribution in [1.82, 2.24) is 4.72 Å². The largest absolute Gasteiger partial charge is 0.504 e. The number of aliphatic hydroxyl groups excluding tert-OH is 1. The number of aromatic hydroxyl groups is 1. The summed E-state index contributed by atoms with van der Waals surface area (Å²) >= 11 is 9.15. The maximum Gasteiger partial charge on any atom is 0.323 e. The Labute approximate surface area is 163 Å². The Morgan fingerprint density at radius 3 is 2.42 bits per heavy atom. The van der Waals surface area contributed by atoms with Crippen molar-refractivity contribution >= 4 is 55.0 Å². The topological polar surface area (TPSA) is 128 Å². The molecule has 0 saturated heterocycles. The van der Waals surface area contributed by atoms with Gasteiger partial charge in [0.2, 0.25) is 10.0 Å². The molecule has 140 valence electrons. The number of phenolic OH excluding ortho intramolecular Hbond substituents is 1. The van der Waals surface area contributed by atoms with Crippen molar-refractivity contribution in [2.24, 2.45) is 0 Å². The van der Waals surface area contributed by atoms with E-state index in [-0.39, 0.29) is 17.3 Å². The predicted molar refractivity (Wildman–Crippen MR) is 102 cm³/mol. The first kappa shape index (κ1) is 20.5. The van der Waals surface area contributed by atoms with E-state index in [1.165, 1.54) is 12.1 Å². The van der Waals surface area contributed by atoms with E-state index in [0.29, 0.717) is 10.2 Å². The van der Waals surface area contributed by atoms with Crippen LogP contribution in [0, 0.1) is 0 Å². The number of urea groups is 1. The molecule has 0 atom stereocenters. The van der Waals surface area contributed by atoms with Gasteiger partial charge in [0.05, 0.1) is 23.0 Å². The number of rotatable bonds is 6. The van der Waals surface area contributed by atoms with Gasteiger partial charge in [-0.2, -0.15) is 0 Å². The third-order valence-electron chi connectivity index (χ3n) is 3.13. The number of sulfonamides is 1. The monoisotopic (exact) mass is 463 g/mol. The fourth-order valence-electron chi connectivity index (χ4n) is 1.99. The minimum absolute atomic E-state index is 0.150. The highest BCUT2D eigenvalue weighted by atomic mass is 79.9. The van der Waals surface area contributed by atoms with Crippen LogP contribution in [-0.2, 0) is 10.0 Å². The van der Waals surface area contributed by atoms with Crippen LogP contribution in [0.25, 0.3) is 0 Å². The molecule has 2 aromatic rings. The summed E-state index contributed by atoms with van der Waals surface area (Å²) in [7, 11) is -4.18. The maximum atomic E-state index is 12.2. The van der Waals surface area contributed by atoms with E-state index in [0.717, 1.165) is 0 Å². The molecule has 26 heavy (non-hydrogen) atoms. The molecular weight excluding hydrogens is 450 g/mol. The van der Waals surface area contributed by atoms with Crippen LogP contribution in [-0.4, -0.2) is 37.8 Å². The highest BCUT2D eigenvalue weighted by molar-refractivity contribution is 9.10. The molecular formula is C15H15BrClN3O5S. The van der Waals surface area contributed by atoms with E-state index in [1.807, 2.05) is 0 Å². The molecule has 0 aliphatic heterocycles. The van der Waals surface area contributed by atoms with Crippen LogP contribution in [0.5, 0.6) is 5.75 Å². The molecule has 8 nitrogen and oxygen atoms in total. The predicted octanol–water partition coefficient (Wildman–Crippen LogP) is 2.72. The Hall–Kier alpha value is -1.85. The first-order chi connectivity index (χ1) is 12.3. The number of anilines is 2. The van der Waals surface area contributed by atoms with E-state index < -0.39 is 33.3 Å². The zero-order chi connectivity index (χ0) is 19.3. The molecule has 0 aliphatic carbocycles. The summed E-state index contributed by atoms with van der Waals surface area (Å²) in [6.07, 6.45) is 0. The van der Waals surface area contributed by atoms with Gasteiger partial charge in [-0.3, -0.25) is 0 Å². The summed E-state index contributed by atoms with van der Waals surface area (Å²) in [6, 6.07) is 8.67. The van der Waals surface area contributed by atoms with Crippen molar-refractivity contribution in [3.63, 3.8) is 0 Å². The Kier molecular flexibility index (Phi) is 6.84. The quantitative estimate of drug-likeness (QED) is 0.420. The zero-order valence-corrected chi connectivity index (χ0v) is 16.3. The van der Waals surface area contributed by atoms with Gasteiger partial charge in [0, 0.05) is 11.0 Å². The molecule has 5 N–H and O–H groups in total. The van der Waals surface area contributed by atoms with Gasteiger partial charge in [-0.1, -0.05) is 23.7 Å². The number of hydrogen-bond acceptors (Lipinski definition) is 5. The molecule has 2 aromatic carbocycles. The van der Waals surface area contributed by atoms with Crippen LogP contribution >= 0.6 is 27.5 Å². The number of carbonyl (C=O) groups is 1. The Morgan fingerprint density at radius 1 is 1.12 bits per heavy atom. The number of para-hydroxylation sites is 1. The third kappa shape index (κ3) is 4.86. The number of hydrogen-bond donors (Lipinski definition) is 5. The minimum Gasteiger partial charge on any atom is -0.504 e. The number of carbonyl (C=O) groups excluding carboxylic acids is 1.